The lowest BCUT2D eigenvalue weighted by molar-refractivity contribution is -0.244. The van der Waals surface area contributed by atoms with Gasteiger partial charge in [0.05, 0.1) is 52.7 Å². The number of ether oxygens (including phenoxy) is 2. The van der Waals surface area contributed by atoms with Crippen molar-refractivity contribution in [2.24, 2.45) is 0 Å². The van der Waals surface area contributed by atoms with E-state index in [9.17, 15) is 19.8 Å². The minimum absolute atomic E-state index is 0.0378. The van der Waals surface area contributed by atoms with E-state index < -0.39 is 11.9 Å². The largest absolute Gasteiger partial charge is 0.480 e. The lowest BCUT2D eigenvalue weighted by atomic mass is 10.1. The maximum atomic E-state index is 11.5. The van der Waals surface area contributed by atoms with Gasteiger partial charge in [-0.15, -0.1) is 0 Å². The highest BCUT2D eigenvalue weighted by Gasteiger charge is 2.18. The van der Waals surface area contributed by atoms with Crippen molar-refractivity contribution in [3.05, 3.63) is 35.4 Å². The van der Waals surface area contributed by atoms with E-state index in [0.29, 0.717) is 105 Å². The first kappa shape index (κ1) is 40.1. The number of nitrogens with zero attached hydrogens (tertiary/aromatic N) is 6. The van der Waals surface area contributed by atoms with E-state index in [1.165, 1.54) is 0 Å². The van der Waals surface area contributed by atoms with Crippen molar-refractivity contribution in [3.8, 4) is 0 Å². The molecule has 0 atom stereocenters. The second-order valence-electron chi connectivity index (χ2n) is 12.3. The molecule has 1 aromatic carbocycles. The summed E-state index contributed by atoms with van der Waals surface area (Å²) in [5.41, 5.74) is 2.30. The molecular weight excluding hydrogens is 628 g/mol. The van der Waals surface area contributed by atoms with E-state index >= 15 is 0 Å². The minimum Gasteiger partial charge on any atom is -0.480 e. The Labute approximate surface area is 283 Å². The quantitative estimate of drug-likeness (QED) is 0.149. The molecule has 16 nitrogen and oxygen atoms in total. The Morgan fingerprint density at radius 3 is 1.29 bits per heavy atom. The van der Waals surface area contributed by atoms with Crippen molar-refractivity contribution in [1.29, 1.82) is 0 Å². The van der Waals surface area contributed by atoms with Crippen molar-refractivity contribution in [3.63, 3.8) is 0 Å². The van der Waals surface area contributed by atoms with Crippen LogP contribution in [0, 0.1) is 0 Å². The monoisotopic (exact) mass is 684 g/mol. The highest BCUT2D eigenvalue weighted by molar-refractivity contribution is 5.69. The van der Waals surface area contributed by atoms with Gasteiger partial charge in [-0.3, -0.25) is 49.5 Å². The Morgan fingerprint density at radius 1 is 0.562 bits per heavy atom. The number of aliphatic carboxylic acids is 2. The van der Waals surface area contributed by atoms with Crippen LogP contribution < -0.4 is 0 Å². The van der Waals surface area contributed by atoms with Crippen molar-refractivity contribution in [2.45, 2.75) is 13.1 Å². The van der Waals surface area contributed by atoms with Crippen LogP contribution in [0.4, 0.5) is 0 Å². The van der Waals surface area contributed by atoms with Crippen molar-refractivity contribution in [1.82, 2.24) is 29.4 Å². The van der Waals surface area contributed by atoms with Gasteiger partial charge in [0.15, 0.2) is 0 Å². The van der Waals surface area contributed by atoms with E-state index in [1.807, 2.05) is 9.80 Å². The maximum Gasteiger partial charge on any atom is 0.317 e. The molecule has 0 saturated carbocycles. The maximum absolute atomic E-state index is 11.5. The molecule has 0 amide bonds. The summed E-state index contributed by atoms with van der Waals surface area (Å²) in [6.45, 7) is 12.8. The summed E-state index contributed by atoms with van der Waals surface area (Å²) >= 11 is 0. The summed E-state index contributed by atoms with van der Waals surface area (Å²) in [5, 5.41) is 36.7. The molecule has 2 aliphatic heterocycles. The van der Waals surface area contributed by atoms with E-state index in [-0.39, 0.29) is 26.3 Å². The summed E-state index contributed by atoms with van der Waals surface area (Å²) in [6.07, 6.45) is 0. The molecule has 0 unspecified atom stereocenters. The van der Waals surface area contributed by atoms with Gasteiger partial charge < -0.3 is 19.7 Å². The van der Waals surface area contributed by atoms with Crippen LogP contribution in [0.2, 0.25) is 0 Å². The summed E-state index contributed by atoms with van der Waals surface area (Å²) in [5.74, 6) is -1.72. The number of benzene rings is 1. The van der Waals surface area contributed by atoms with Crippen LogP contribution in [0.25, 0.3) is 0 Å². The Kier molecular flexibility index (Phi) is 20.0. The minimum atomic E-state index is -0.859. The third-order valence-electron chi connectivity index (χ3n) is 8.66. The Balaban J connectivity index is 1.72. The van der Waals surface area contributed by atoms with E-state index in [1.54, 1.807) is 0 Å². The second kappa shape index (κ2) is 23.9. The van der Waals surface area contributed by atoms with Crippen molar-refractivity contribution >= 4 is 11.9 Å². The molecule has 0 aliphatic carbocycles. The third-order valence-corrected chi connectivity index (χ3v) is 8.66. The zero-order chi connectivity index (χ0) is 34.4. The normalized spacial score (nSPS) is 20.7. The standard InChI is InChI=1S/C32H56N6O10/c39-31(40)27-37-10-8-35(6-4-33(16-22-47-43)12-18-45-20-14-37)25-29-2-1-3-30(24-29)26-36-7-5-34(17-23-48-44)13-19-46-21-15-38(11-9-36)28-32(41)42/h1-3,24,43-44H,4-23,25-28H2,(H,39,40)(H,41,42). The molecule has 3 rings (SSSR count). The molecule has 0 aromatic heterocycles. The number of carboxylic acid groups (broad SMARTS) is 2. The second-order valence-corrected chi connectivity index (χ2v) is 12.3. The van der Waals surface area contributed by atoms with Crippen LogP contribution in [0.3, 0.4) is 0 Å². The first-order valence-electron chi connectivity index (χ1n) is 16.9. The number of rotatable bonds is 14. The lowest BCUT2D eigenvalue weighted by Gasteiger charge is -2.31. The van der Waals surface area contributed by atoms with Gasteiger partial charge in [0.1, 0.15) is 0 Å². The molecule has 0 bridgehead atoms. The van der Waals surface area contributed by atoms with Gasteiger partial charge in [-0.1, -0.05) is 24.3 Å². The van der Waals surface area contributed by atoms with E-state index in [0.717, 1.165) is 37.3 Å². The lowest BCUT2D eigenvalue weighted by Crippen LogP contribution is -2.44. The summed E-state index contributed by atoms with van der Waals surface area (Å²) < 4.78 is 11.5. The fourth-order valence-corrected chi connectivity index (χ4v) is 5.93. The Morgan fingerprint density at radius 2 is 0.917 bits per heavy atom. The van der Waals surface area contributed by atoms with Gasteiger partial charge in [0.2, 0.25) is 0 Å². The van der Waals surface area contributed by atoms with Crippen LogP contribution in [0.5, 0.6) is 0 Å². The van der Waals surface area contributed by atoms with Gasteiger partial charge in [-0.05, 0) is 11.1 Å². The molecule has 1 aromatic rings. The summed E-state index contributed by atoms with van der Waals surface area (Å²) in [4.78, 5) is 44.6. The SMILES string of the molecule is O=C(O)CN1CCOCCN(CCOO)CCN(Cc2cccc(CN3CCN(CCOO)CCOCCN(CC(=O)O)CC3)c2)CC1. The smallest absolute Gasteiger partial charge is 0.317 e. The van der Waals surface area contributed by atoms with Crippen LogP contribution in [0.1, 0.15) is 11.1 Å². The molecule has 2 heterocycles. The zero-order valence-corrected chi connectivity index (χ0v) is 28.2. The summed E-state index contributed by atoms with van der Waals surface area (Å²) in [6, 6.07) is 8.51. The van der Waals surface area contributed by atoms with Gasteiger partial charge in [-0.25, -0.2) is 9.78 Å². The number of hydrogen-bond donors (Lipinski definition) is 4. The van der Waals surface area contributed by atoms with Crippen LogP contribution >= 0.6 is 0 Å². The third kappa shape index (κ3) is 17.4. The fourth-order valence-electron chi connectivity index (χ4n) is 5.93. The highest BCUT2D eigenvalue weighted by Crippen LogP contribution is 2.13. The van der Waals surface area contributed by atoms with Crippen molar-refractivity contribution < 1.29 is 49.6 Å². The Bertz CT molecular complexity index is 968. The zero-order valence-electron chi connectivity index (χ0n) is 28.2. The number of carbonyl (C=O) groups is 2. The first-order chi connectivity index (χ1) is 23.3. The molecule has 2 aliphatic rings. The molecular formula is C32H56N6O10. The fraction of sp³-hybridized carbons (Fsp3) is 0.750. The predicted octanol–water partition coefficient (Wildman–Crippen LogP) is -0.293. The molecule has 2 fully saturated rings. The van der Waals surface area contributed by atoms with E-state index in [2.05, 4.69) is 53.6 Å². The molecule has 4 N–H and O–H groups in total. The highest BCUT2D eigenvalue weighted by atomic mass is 17.1. The Hall–Kier alpha value is -2.32. The van der Waals surface area contributed by atoms with Crippen LogP contribution in [-0.4, -0.2) is 206 Å². The number of carboxylic acids is 2. The average molecular weight is 685 g/mol. The van der Waals surface area contributed by atoms with Gasteiger partial charge >= 0.3 is 11.9 Å². The van der Waals surface area contributed by atoms with Crippen LogP contribution in [-0.2, 0) is 41.9 Å². The molecule has 48 heavy (non-hydrogen) atoms. The average Bonchev–Trinajstić information content (AvgIpc) is 3.04. The molecule has 274 valence electrons. The first-order valence-corrected chi connectivity index (χ1v) is 16.9. The molecule has 2 saturated heterocycles. The van der Waals surface area contributed by atoms with Gasteiger partial charge in [0.25, 0.3) is 0 Å². The molecule has 16 heteroatoms. The summed E-state index contributed by atoms with van der Waals surface area (Å²) in [7, 11) is 0. The van der Waals surface area contributed by atoms with Gasteiger partial charge in [0, 0.05) is 105 Å². The van der Waals surface area contributed by atoms with Crippen molar-refractivity contribution in [2.75, 3.05) is 144 Å². The van der Waals surface area contributed by atoms with E-state index in [4.69, 9.17) is 20.0 Å². The molecule has 0 radical (unpaired) electrons. The predicted molar refractivity (Wildman–Crippen MR) is 177 cm³/mol. The van der Waals surface area contributed by atoms with Crippen LogP contribution in [0.15, 0.2) is 24.3 Å². The molecule has 0 spiro atoms. The van der Waals surface area contributed by atoms with Gasteiger partial charge in [-0.2, -0.15) is 0 Å². The number of hydrogen-bond acceptors (Lipinski definition) is 14. The topological polar surface area (TPSA) is 171 Å².